The van der Waals surface area contributed by atoms with E-state index in [1.807, 2.05) is 6.92 Å². The number of carbonyl (C=O) groups excluding carboxylic acids is 2. The second kappa shape index (κ2) is 6.15. The largest absolute Gasteiger partial charge is 0.495 e. The lowest BCUT2D eigenvalue weighted by Crippen LogP contribution is -2.47. The zero-order valence-electron chi connectivity index (χ0n) is 12.8. The van der Waals surface area contributed by atoms with Gasteiger partial charge in [0, 0.05) is 12.1 Å². The molecular weight excluding hydrogens is 286 g/mol. The number of ether oxygens (including phenoxy) is 1. The van der Waals surface area contributed by atoms with Crippen LogP contribution in [-0.2, 0) is 9.59 Å². The standard InChI is InChI=1S/C15H19N3O4/c1-4-10-9-15(2,21)18(17-10)14(20)13(19)16-11-7-5-6-8-12(11)22-3/h5-8,21H,4,9H2,1-3H3,(H,16,19). The number of carbonyl (C=O) groups is 2. The Labute approximate surface area is 128 Å². The first-order valence-corrected chi connectivity index (χ1v) is 6.96. The lowest BCUT2D eigenvalue weighted by molar-refractivity contribution is -0.158. The SMILES string of the molecule is CCC1=NN(C(=O)C(=O)Nc2ccccc2OC)C(C)(O)C1. The molecule has 0 spiro atoms. The minimum atomic E-state index is -1.49. The third-order valence-electron chi connectivity index (χ3n) is 3.39. The van der Waals surface area contributed by atoms with Crippen LogP contribution in [0.3, 0.4) is 0 Å². The molecule has 7 nitrogen and oxygen atoms in total. The molecule has 0 aliphatic carbocycles. The Morgan fingerprint density at radius 1 is 1.45 bits per heavy atom. The number of hydrogen-bond acceptors (Lipinski definition) is 5. The van der Waals surface area contributed by atoms with Crippen LogP contribution in [0.1, 0.15) is 26.7 Å². The van der Waals surface area contributed by atoms with Crippen LogP contribution >= 0.6 is 0 Å². The molecule has 1 heterocycles. The molecule has 0 saturated carbocycles. The fourth-order valence-electron chi connectivity index (χ4n) is 2.23. The highest BCUT2D eigenvalue weighted by Gasteiger charge is 2.42. The Kier molecular flexibility index (Phi) is 4.46. The fraction of sp³-hybridized carbons (Fsp3) is 0.400. The molecule has 0 bridgehead atoms. The predicted octanol–water partition coefficient (Wildman–Crippen LogP) is 1.34. The van der Waals surface area contributed by atoms with Crippen molar-refractivity contribution in [1.82, 2.24) is 5.01 Å². The molecule has 0 radical (unpaired) electrons. The summed E-state index contributed by atoms with van der Waals surface area (Å²) in [5.74, 6) is -1.36. The van der Waals surface area contributed by atoms with E-state index < -0.39 is 17.5 Å². The minimum absolute atomic E-state index is 0.233. The number of benzene rings is 1. The summed E-state index contributed by atoms with van der Waals surface area (Å²) < 4.78 is 5.11. The highest BCUT2D eigenvalue weighted by Crippen LogP contribution is 2.27. The highest BCUT2D eigenvalue weighted by atomic mass is 16.5. The topological polar surface area (TPSA) is 91.2 Å². The zero-order chi connectivity index (χ0) is 16.3. The summed E-state index contributed by atoms with van der Waals surface area (Å²) >= 11 is 0. The Balaban J connectivity index is 2.16. The summed E-state index contributed by atoms with van der Waals surface area (Å²) in [6.07, 6.45) is 0.839. The van der Waals surface area contributed by atoms with Gasteiger partial charge >= 0.3 is 11.8 Å². The van der Waals surface area contributed by atoms with Crippen LogP contribution in [0, 0.1) is 0 Å². The lowest BCUT2D eigenvalue weighted by atomic mass is 10.1. The van der Waals surface area contributed by atoms with Gasteiger partial charge < -0.3 is 15.2 Å². The molecule has 0 aromatic heterocycles. The monoisotopic (exact) mass is 305 g/mol. The van der Waals surface area contributed by atoms with Crippen LogP contribution in [0.25, 0.3) is 0 Å². The molecule has 1 aromatic rings. The van der Waals surface area contributed by atoms with E-state index in [0.29, 0.717) is 23.6 Å². The van der Waals surface area contributed by atoms with Crippen molar-refractivity contribution >= 4 is 23.2 Å². The maximum absolute atomic E-state index is 12.2. The van der Waals surface area contributed by atoms with Gasteiger partial charge in [0.25, 0.3) is 0 Å². The zero-order valence-corrected chi connectivity index (χ0v) is 12.8. The number of methoxy groups -OCH3 is 1. The molecule has 1 atom stereocenters. The number of nitrogens with one attached hydrogen (secondary N) is 1. The third kappa shape index (κ3) is 3.09. The number of anilines is 1. The maximum Gasteiger partial charge on any atom is 0.334 e. The van der Waals surface area contributed by atoms with E-state index in [1.54, 1.807) is 24.3 Å². The van der Waals surface area contributed by atoms with Crippen LogP contribution in [0.5, 0.6) is 5.75 Å². The van der Waals surface area contributed by atoms with Crippen molar-refractivity contribution < 1.29 is 19.4 Å². The molecule has 1 aromatic carbocycles. The van der Waals surface area contributed by atoms with E-state index >= 15 is 0 Å². The number of nitrogens with zero attached hydrogens (tertiary/aromatic N) is 2. The molecule has 1 aliphatic rings. The van der Waals surface area contributed by atoms with Gasteiger partial charge in [-0.3, -0.25) is 9.59 Å². The first-order chi connectivity index (χ1) is 10.4. The van der Waals surface area contributed by atoms with Crippen LogP contribution in [0.2, 0.25) is 0 Å². The van der Waals surface area contributed by atoms with Gasteiger partial charge in [0.2, 0.25) is 0 Å². The number of aliphatic hydroxyl groups is 1. The second-order valence-electron chi connectivity index (χ2n) is 5.18. The van der Waals surface area contributed by atoms with Crippen LogP contribution in [0.15, 0.2) is 29.4 Å². The molecular formula is C15H19N3O4. The maximum atomic E-state index is 12.2. The Morgan fingerprint density at radius 3 is 2.73 bits per heavy atom. The third-order valence-corrected chi connectivity index (χ3v) is 3.39. The molecule has 22 heavy (non-hydrogen) atoms. The first kappa shape index (κ1) is 16.0. The fourth-order valence-corrected chi connectivity index (χ4v) is 2.23. The molecule has 2 N–H and O–H groups in total. The smallest absolute Gasteiger partial charge is 0.334 e. The van der Waals surface area contributed by atoms with Crippen molar-refractivity contribution in [2.24, 2.45) is 5.10 Å². The number of rotatable bonds is 3. The molecule has 0 saturated heterocycles. The average Bonchev–Trinajstić information content (AvgIpc) is 2.81. The van der Waals surface area contributed by atoms with E-state index in [1.165, 1.54) is 14.0 Å². The molecule has 1 aliphatic heterocycles. The van der Waals surface area contributed by atoms with Gasteiger partial charge in [0.1, 0.15) is 5.75 Å². The van der Waals surface area contributed by atoms with Crippen molar-refractivity contribution in [1.29, 1.82) is 0 Å². The molecule has 118 valence electrons. The summed E-state index contributed by atoms with van der Waals surface area (Å²) in [5, 5.41) is 17.6. The molecule has 2 rings (SSSR count). The van der Waals surface area contributed by atoms with E-state index in [9.17, 15) is 14.7 Å². The van der Waals surface area contributed by atoms with Crippen molar-refractivity contribution in [3.63, 3.8) is 0 Å². The van der Waals surface area contributed by atoms with Crippen LogP contribution in [-0.4, -0.2) is 40.5 Å². The molecule has 1 unspecified atom stereocenters. The average molecular weight is 305 g/mol. The Morgan fingerprint density at radius 2 is 2.14 bits per heavy atom. The van der Waals surface area contributed by atoms with Gasteiger partial charge in [-0.05, 0) is 25.5 Å². The highest BCUT2D eigenvalue weighted by molar-refractivity contribution is 6.40. The quantitative estimate of drug-likeness (QED) is 0.824. The van der Waals surface area contributed by atoms with Gasteiger partial charge in [-0.15, -0.1) is 0 Å². The minimum Gasteiger partial charge on any atom is -0.495 e. The van der Waals surface area contributed by atoms with Crippen molar-refractivity contribution in [3.05, 3.63) is 24.3 Å². The van der Waals surface area contributed by atoms with Gasteiger partial charge in [-0.1, -0.05) is 19.1 Å². The van der Waals surface area contributed by atoms with Crippen LogP contribution < -0.4 is 10.1 Å². The van der Waals surface area contributed by atoms with Crippen LogP contribution in [0.4, 0.5) is 5.69 Å². The van der Waals surface area contributed by atoms with E-state index in [0.717, 1.165) is 5.01 Å². The lowest BCUT2D eigenvalue weighted by Gasteiger charge is -2.26. The number of amides is 2. The summed E-state index contributed by atoms with van der Waals surface area (Å²) in [4.78, 5) is 24.3. The Hall–Kier alpha value is -2.41. The van der Waals surface area contributed by atoms with Crippen molar-refractivity contribution in [3.8, 4) is 5.75 Å². The number of hydrogen-bond donors (Lipinski definition) is 2. The predicted molar refractivity (Wildman–Crippen MR) is 81.4 cm³/mol. The van der Waals surface area contributed by atoms with Crippen molar-refractivity contribution in [2.75, 3.05) is 12.4 Å². The van der Waals surface area contributed by atoms with Gasteiger partial charge in [0.05, 0.1) is 12.8 Å². The van der Waals surface area contributed by atoms with Gasteiger partial charge in [-0.25, -0.2) is 0 Å². The number of hydrazone groups is 1. The molecule has 2 amide bonds. The Bertz CT molecular complexity index is 625. The first-order valence-electron chi connectivity index (χ1n) is 6.96. The summed E-state index contributed by atoms with van der Waals surface area (Å²) in [7, 11) is 1.47. The summed E-state index contributed by atoms with van der Waals surface area (Å²) in [6, 6.07) is 6.74. The van der Waals surface area contributed by atoms with E-state index in [4.69, 9.17) is 4.74 Å². The van der Waals surface area contributed by atoms with Gasteiger partial charge in [-0.2, -0.15) is 10.1 Å². The molecule has 0 fully saturated rings. The van der Waals surface area contributed by atoms with E-state index in [-0.39, 0.29) is 6.42 Å². The summed E-state index contributed by atoms with van der Waals surface area (Å²) in [5.41, 5.74) is -0.439. The second-order valence-corrected chi connectivity index (χ2v) is 5.18. The van der Waals surface area contributed by atoms with Gasteiger partial charge in [0.15, 0.2) is 5.72 Å². The summed E-state index contributed by atoms with van der Waals surface area (Å²) in [6.45, 7) is 3.32. The van der Waals surface area contributed by atoms with E-state index in [2.05, 4.69) is 10.4 Å². The van der Waals surface area contributed by atoms with Crippen molar-refractivity contribution in [2.45, 2.75) is 32.4 Å². The molecule has 7 heteroatoms. The number of para-hydroxylation sites is 2. The normalized spacial score (nSPS) is 20.5.